The number of ether oxygens (including phenoxy) is 2. The van der Waals surface area contributed by atoms with Crippen LogP contribution in [0.25, 0.3) is 0 Å². The van der Waals surface area contributed by atoms with E-state index in [9.17, 15) is 9.59 Å². The molecule has 0 aromatic heterocycles. The molecule has 2 aromatic rings. The molecular formula is C16H15NO4. The first kappa shape index (κ1) is 14.6. The monoisotopic (exact) mass is 285 g/mol. The van der Waals surface area contributed by atoms with Gasteiger partial charge in [0.2, 0.25) is 0 Å². The molecule has 0 fully saturated rings. The van der Waals surface area contributed by atoms with Crippen LogP contribution in [0.4, 0.5) is 5.69 Å². The summed E-state index contributed by atoms with van der Waals surface area (Å²) in [6.45, 7) is 0.925. The molecule has 0 atom stereocenters. The lowest BCUT2D eigenvalue weighted by Gasteiger charge is -2.12. The molecule has 0 unspecified atom stereocenters. The Labute approximate surface area is 122 Å². The number of hydrogen-bond donors (Lipinski definition) is 1. The standard InChI is InChI=1S/C16H15NO4/c1-12(18)20-11-16(19)17-14-9-5-6-10-15(14)21-13-7-3-2-4-8-13/h2-10H,11H2,1H3,(H,17,19). The zero-order chi connectivity index (χ0) is 15.1. The highest BCUT2D eigenvalue weighted by atomic mass is 16.5. The van der Waals surface area contributed by atoms with Gasteiger partial charge in [0.15, 0.2) is 12.4 Å². The zero-order valence-electron chi connectivity index (χ0n) is 11.5. The van der Waals surface area contributed by atoms with Crippen molar-refractivity contribution in [2.75, 3.05) is 11.9 Å². The second kappa shape index (κ2) is 7.09. The predicted octanol–water partition coefficient (Wildman–Crippen LogP) is 2.98. The minimum absolute atomic E-state index is 0.324. The van der Waals surface area contributed by atoms with Crippen molar-refractivity contribution >= 4 is 17.6 Å². The number of benzene rings is 2. The van der Waals surface area contributed by atoms with Crippen LogP contribution >= 0.6 is 0 Å². The third-order valence-electron chi connectivity index (χ3n) is 2.54. The van der Waals surface area contributed by atoms with Gasteiger partial charge in [-0.1, -0.05) is 30.3 Å². The van der Waals surface area contributed by atoms with Crippen LogP contribution < -0.4 is 10.1 Å². The van der Waals surface area contributed by atoms with Gasteiger partial charge in [0.1, 0.15) is 5.75 Å². The van der Waals surface area contributed by atoms with E-state index in [1.54, 1.807) is 24.3 Å². The molecule has 108 valence electrons. The lowest BCUT2D eigenvalue weighted by molar-refractivity contribution is -0.144. The van der Waals surface area contributed by atoms with Gasteiger partial charge in [0.05, 0.1) is 5.69 Å². The van der Waals surface area contributed by atoms with Crippen LogP contribution in [0.2, 0.25) is 0 Å². The average Bonchev–Trinajstić information content (AvgIpc) is 2.48. The summed E-state index contributed by atoms with van der Waals surface area (Å²) in [5.74, 6) is 0.257. The Kier molecular flexibility index (Phi) is 4.93. The maximum Gasteiger partial charge on any atom is 0.303 e. The second-order valence-electron chi connectivity index (χ2n) is 4.24. The number of carbonyl (C=O) groups is 2. The normalized spacial score (nSPS) is 9.76. The van der Waals surface area contributed by atoms with Crippen LogP contribution in [0.15, 0.2) is 54.6 Å². The Morgan fingerprint density at radius 3 is 2.38 bits per heavy atom. The lowest BCUT2D eigenvalue weighted by atomic mass is 10.3. The molecule has 5 nitrogen and oxygen atoms in total. The van der Waals surface area contributed by atoms with E-state index in [0.29, 0.717) is 17.2 Å². The van der Waals surface area contributed by atoms with E-state index >= 15 is 0 Å². The molecular weight excluding hydrogens is 270 g/mol. The van der Waals surface area contributed by atoms with Crippen molar-refractivity contribution in [1.29, 1.82) is 0 Å². The summed E-state index contributed by atoms with van der Waals surface area (Å²) in [5.41, 5.74) is 0.513. The van der Waals surface area contributed by atoms with E-state index in [1.165, 1.54) is 6.92 Å². The molecule has 5 heteroatoms. The minimum Gasteiger partial charge on any atom is -0.456 e. The molecule has 2 rings (SSSR count). The van der Waals surface area contributed by atoms with Crippen LogP contribution in [0.5, 0.6) is 11.5 Å². The molecule has 1 N–H and O–H groups in total. The summed E-state index contributed by atoms with van der Waals surface area (Å²) < 4.78 is 10.4. The molecule has 0 aliphatic carbocycles. The van der Waals surface area contributed by atoms with Crippen molar-refractivity contribution in [3.05, 3.63) is 54.6 Å². The summed E-state index contributed by atoms with van der Waals surface area (Å²) >= 11 is 0. The van der Waals surface area contributed by atoms with Gasteiger partial charge in [-0.3, -0.25) is 9.59 Å². The maximum absolute atomic E-state index is 11.7. The average molecular weight is 285 g/mol. The molecule has 1 amide bonds. The summed E-state index contributed by atoms with van der Waals surface area (Å²) in [6.07, 6.45) is 0. The van der Waals surface area contributed by atoms with E-state index in [2.05, 4.69) is 10.1 Å². The summed E-state index contributed by atoms with van der Waals surface area (Å²) in [5, 5.41) is 2.64. The highest BCUT2D eigenvalue weighted by Gasteiger charge is 2.09. The largest absolute Gasteiger partial charge is 0.456 e. The van der Waals surface area contributed by atoms with Gasteiger partial charge in [-0.2, -0.15) is 0 Å². The fourth-order valence-corrected chi connectivity index (χ4v) is 1.63. The molecule has 21 heavy (non-hydrogen) atoms. The van der Waals surface area contributed by atoms with E-state index < -0.39 is 11.9 Å². The van der Waals surface area contributed by atoms with Gasteiger partial charge < -0.3 is 14.8 Å². The van der Waals surface area contributed by atoms with Crippen LogP contribution in [0, 0.1) is 0 Å². The smallest absolute Gasteiger partial charge is 0.303 e. The van der Waals surface area contributed by atoms with Crippen LogP contribution in [0.3, 0.4) is 0 Å². The number of amides is 1. The highest BCUT2D eigenvalue weighted by molar-refractivity contribution is 5.94. The minimum atomic E-state index is -0.501. The van der Waals surface area contributed by atoms with Gasteiger partial charge >= 0.3 is 5.97 Å². The Morgan fingerprint density at radius 2 is 1.67 bits per heavy atom. The number of carbonyl (C=O) groups excluding carboxylic acids is 2. The maximum atomic E-state index is 11.7. The van der Waals surface area contributed by atoms with Crippen molar-refractivity contribution in [1.82, 2.24) is 0 Å². The van der Waals surface area contributed by atoms with Gasteiger partial charge in [-0.05, 0) is 24.3 Å². The van der Waals surface area contributed by atoms with Crippen LogP contribution in [-0.4, -0.2) is 18.5 Å². The molecule has 0 heterocycles. The molecule has 0 bridgehead atoms. The van der Waals surface area contributed by atoms with Crippen LogP contribution in [-0.2, 0) is 14.3 Å². The van der Waals surface area contributed by atoms with Crippen molar-refractivity contribution in [3.63, 3.8) is 0 Å². The molecule has 0 aliphatic heterocycles. The van der Waals surface area contributed by atoms with Gasteiger partial charge in [0.25, 0.3) is 5.91 Å². The van der Waals surface area contributed by atoms with Gasteiger partial charge in [-0.15, -0.1) is 0 Å². The topological polar surface area (TPSA) is 64.6 Å². The fourth-order valence-electron chi connectivity index (χ4n) is 1.63. The van der Waals surface area contributed by atoms with Crippen molar-refractivity contribution in [2.45, 2.75) is 6.92 Å². The third-order valence-corrected chi connectivity index (χ3v) is 2.54. The van der Waals surface area contributed by atoms with Crippen LogP contribution in [0.1, 0.15) is 6.92 Å². The van der Waals surface area contributed by atoms with Gasteiger partial charge in [-0.25, -0.2) is 0 Å². The number of esters is 1. The third kappa shape index (κ3) is 4.65. The van der Waals surface area contributed by atoms with Gasteiger partial charge in [0, 0.05) is 6.92 Å². The van der Waals surface area contributed by atoms with E-state index in [0.717, 1.165) is 0 Å². The number of nitrogens with one attached hydrogen (secondary N) is 1. The number of hydrogen-bond acceptors (Lipinski definition) is 4. The first-order valence-electron chi connectivity index (χ1n) is 6.40. The summed E-state index contributed by atoms with van der Waals surface area (Å²) in [6, 6.07) is 16.3. The molecule has 0 radical (unpaired) electrons. The van der Waals surface area contributed by atoms with Crippen molar-refractivity contribution in [3.8, 4) is 11.5 Å². The molecule has 0 spiro atoms. The summed E-state index contributed by atoms with van der Waals surface area (Å²) in [7, 11) is 0. The molecule has 0 saturated heterocycles. The number of para-hydroxylation sites is 3. The SMILES string of the molecule is CC(=O)OCC(=O)Nc1ccccc1Oc1ccccc1. The molecule has 0 saturated carbocycles. The van der Waals surface area contributed by atoms with E-state index in [4.69, 9.17) is 4.74 Å². The van der Waals surface area contributed by atoms with Crippen molar-refractivity contribution < 1.29 is 19.1 Å². The molecule has 0 aliphatic rings. The van der Waals surface area contributed by atoms with E-state index in [-0.39, 0.29) is 6.61 Å². The Bertz CT molecular complexity index is 625. The Hall–Kier alpha value is -2.82. The number of anilines is 1. The second-order valence-corrected chi connectivity index (χ2v) is 4.24. The first-order chi connectivity index (χ1) is 10.1. The quantitative estimate of drug-likeness (QED) is 0.858. The fraction of sp³-hybridized carbons (Fsp3) is 0.125. The molecule has 2 aromatic carbocycles. The lowest BCUT2D eigenvalue weighted by Crippen LogP contribution is -2.20. The number of rotatable bonds is 5. The first-order valence-corrected chi connectivity index (χ1v) is 6.40. The highest BCUT2D eigenvalue weighted by Crippen LogP contribution is 2.28. The Morgan fingerprint density at radius 1 is 1.00 bits per heavy atom. The van der Waals surface area contributed by atoms with Crippen molar-refractivity contribution in [2.24, 2.45) is 0 Å². The predicted molar refractivity (Wildman–Crippen MR) is 78.2 cm³/mol. The Balaban J connectivity index is 2.06. The zero-order valence-corrected chi connectivity index (χ0v) is 11.5. The summed E-state index contributed by atoms with van der Waals surface area (Å²) in [4.78, 5) is 22.4. The van der Waals surface area contributed by atoms with E-state index in [1.807, 2.05) is 30.3 Å².